The molecule has 0 aliphatic carbocycles. The van der Waals surface area contributed by atoms with Crippen LogP contribution in [0.1, 0.15) is 55.4 Å². The zero-order valence-corrected chi connectivity index (χ0v) is 30.1. The van der Waals surface area contributed by atoms with Crippen molar-refractivity contribution in [1.29, 1.82) is 0 Å². The average Bonchev–Trinajstić information content (AvgIpc) is 3.47. The van der Waals surface area contributed by atoms with Crippen molar-refractivity contribution in [2.75, 3.05) is 22.6 Å². The zero-order valence-electron chi connectivity index (χ0n) is 28.5. The average molecular weight is 734 g/mol. The third kappa shape index (κ3) is 9.80. The maximum absolute atomic E-state index is 13.5. The second-order valence-corrected chi connectivity index (χ2v) is 13.6. The summed E-state index contributed by atoms with van der Waals surface area (Å²) in [5, 5.41) is 10.7. The van der Waals surface area contributed by atoms with Crippen molar-refractivity contribution in [1.82, 2.24) is 10.3 Å². The molecule has 13 heteroatoms. The molecule has 3 aromatic carbocycles. The Morgan fingerprint density at radius 3 is 2.25 bits per heavy atom. The highest BCUT2D eigenvalue weighted by atomic mass is 32.2. The third-order valence-electron chi connectivity index (χ3n) is 7.40. The quantitative estimate of drug-likeness (QED) is 0.0554. The summed E-state index contributed by atoms with van der Waals surface area (Å²) in [5.74, 6) is -2.49. The summed E-state index contributed by atoms with van der Waals surface area (Å²) in [6.07, 6.45) is 4.70. The van der Waals surface area contributed by atoms with Gasteiger partial charge >= 0.3 is 5.97 Å². The summed E-state index contributed by atoms with van der Waals surface area (Å²) < 4.78 is 5.25. The molecule has 0 spiro atoms. The van der Waals surface area contributed by atoms with Crippen LogP contribution in [0.5, 0.6) is 0 Å². The van der Waals surface area contributed by atoms with Crippen LogP contribution in [0.3, 0.4) is 0 Å². The van der Waals surface area contributed by atoms with Gasteiger partial charge in [-0.1, -0.05) is 48.5 Å². The molecule has 0 aliphatic rings. The number of nitrogens with zero attached hydrogens (tertiary/aromatic N) is 1. The van der Waals surface area contributed by atoms with E-state index in [4.69, 9.17) is 4.74 Å². The van der Waals surface area contributed by atoms with Crippen LogP contribution in [0, 0.1) is 6.92 Å². The van der Waals surface area contributed by atoms with E-state index in [-0.39, 0.29) is 27.7 Å². The molecular weight excluding hydrogens is 699 g/mol. The van der Waals surface area contributed by atoms with Crippen LogP contribution < -0.4 is 21.3 Å². The molecule has 5 rings (SSSR count). The molecule has 4 amide bonds. The van der Waals surface area contributed by atoms with Gasteiger partial charge in [0, 0.05) is 34.2 Å². The number of para-hydroxylation sites is 1. The number of rotatable bonds is 13. The zero-order chi connectivity index (χ0) is 37.0. The summed E-state index contributed by atoms with van der Waals surface area (Å²) in [6.45, 7) is 5.13. The fraction of sp³-hybridized carbons (Fsp3) is 0.128. The number of thioether (sulfide) groups is 1. The van der Waals surface area contributed by atoms with Crippen molar-refractivity contribution in [3.8, 4) is 0 Å². The number of carbonyl (C=O) groups is 5. The topological polar surface area (TPSA) is 156 Å². The number of thiophene rings is 1. The minimum atomic E-state index is -0.656. The van der Waals surface area contributed by atoms with Gasteiger partial charge in [0.2, 0.25) is 5.91 Å². The number of benzene rings is 3. The fourth-order valence-corrected chi connectivity index (χ4v) is 6.88. The van der Waals surface area contributed by atoms with Gasteiger partial charge in [-0.25, -0.2) is 4.79 Å². The van der Waals surface area contributed by atoms with Crippen LogP contribution in [0.2, 0.25) is 0 Å². The van der Waals surface area contributed by atoms with E-state index in [1.807, 2.05) is 6.07 Å². The Hall–Kier alpha value is -6.05. The van der Waals surface area contributed by atoms with E-state index in [2.05, 4.69) is 26.3 Å². The maximum atomic E-state index is 13.5. The van der Waals surface area contributed by atoms with E-state index in [1.54, 1.807) is 124 Å². The normalized spacial score (nSPS) is 11.6. The predicted molar refractivity (Wildman–Crippen MR) is 205 cm³/mol. The molecule has 4 N–H and O–H groups in total. The lowest BCUT2D eigenvalue weighted by molar-refractivity contribution is -0.115. The molecule has 0 bridgehead atoms. The second-order valence-electron chi connectivity index (χ2n) is 11.2. The highest BCUT2D eigenvalue weighted by Crippen LogP contribution is 2.35. The second kappa shape index (κ2) is 17.7. The van der Waals surface area contributed by atoms with Crippen molar-refractivity contribution >= 4 is 75.1 Å². The minimum Gasteiger partial charge on any atom is -0.462 e. The first kappa shape index (κ1) is 37.2. The first-order valence-electron chi connectivity index (χ1n) is 16.2. The summed E-state index contributed by atoms with van der Waals surface area (Å²) >= 11 is 2.22. The van der Waals surface area contributed by atoms with Crippen molar-refractivity contribution in [2.24, 2.45) is 0 Å². The van der Waals surface area contributed by atoms with Crippen LogP contribution in [-0.4, -0.2) is 46.4 Å². The summed E-state index contributed by atoms with van der Waals surface area (Å²) in [6, 6.07) is 27.8. The molecule has 0 saturated carbocycles. The Labute approximate surface area is 308 Å². The molecule has 264 valence electrons. The Morgan fingerprint density at radius 2 is 1.56 bits per heavy atom. The highest BCUT2D eigenvalue weighted by Gasteiger charge is 2.28. The van der Waals surface area contributed by atoms with Gasteiger partial charge in [0.25, 0.3) is 17.7 Å². The van der Waals surface area contributed by atoms with Crippen molar-refractivity contribution < 1.29 is 28.7 Å². The van der Waals surface area contributed by atoms with Gasteiger partial charge in [-0.15, -0.1) is 23.1 Å². The van der Waals surface area contributed by atoms with Gasteiger partial charge in [0.15, 0.2) is 0 Å². The number of hydrogen-bond acceptors (Lipinski definition) is 9. The number of carbonyl (C=O) groups excluding carboxylic acids is 5. The first-order valence-corrected chi connectivity index (χ1v) is 17.9. The largest absolute Gasteiger partial charge is 0.462 e. The summed E-state index contributed by atoms with van der Waals surface area (Å²) in [4.78, 5) is 71.1. The smallest absolute Gasteiger partial charge is 0.341 e. The Bertz CT molecular complexity index is 2100. The Balaban J connectivity index is 1.29. The molecule has 0 aliphatic heterocycles. The number of pyridine rings is 1. The Morgan fingerprint density at radius 1 is 0.846 bits per heavy atom. The number of amides is 4. The minimum absolute atomic E-state index is 0.00752. The lowest BCUT2D eigenvalue weighted by Gasteiger charge is -2.14. The molecule has 52 heavy (non-hydrogen) atoms. The molecule has 1 atom stereocenters. The van der Waals surface area contributed by atoms with Gasteiger partial charge in [-0.2, -0.15) is 0 Å². The van der Waals surface area contributed by atoms with Crippen molar-refractivity contribution in [2.45, 2.75) is 30.9 Å². The van der Waals surface area contributed by atoms with E-state index < -0.39 is 34.8 Å². The predicted octanol–water partition coefficient (Wildman–Crippen LogP) is 7.41. The van der Waals surface area contributed by atoms with Crippen LogP contribution in [0.25, 0.3) is 6.08 Å². The third-order valence-corrected chi connectivity index (χ3v) is 9.70. The summed E-state index contributed by atoms with van der Waals surface area (Å²) in [5.41, 5.74) is 2.54. The number of nitrogens with one attached hydrogen (secondary N) is 4. The SMILES string of the molecule is CCOC(=O)c1c(NC(=O)C(C)Sc2cccc(NC(=O)/C(=C/c3cccnc3)NC(=O)c3ccccc3)c2)sc(C(=O)Nc2ccccc2)c1C. The fourth-order valence-electron chi connectivity index (χ4n) is 4.86. The highest BCUT2D eigenvalue weighted by molar-refractivity contribution is 8.00. The molecule has 11 nitrogen and oxygen atoms in total. The Kier molecular flexibility index (Phi) is 12.7. The monoisotopic (exact) mass is 733 g/mol. The first-order chi connectivity index (χ1) is 25.1. The van der Waals surface area contributed by atoms with Crippen LogP contribution in [0.15, 0.2) is 120 Å². The molecule has 5 aromatic rings. The molecule has 0 fully saturated rings. The van der Waals surface area contributed by atoms with Gasteiger partial charge < -0.3 is 26.0 Å². The molecular formula is C39H35N5O6S2. The number of aromatic nitrogens is 1. The number of hydrogen-bond donors (Lipinski definition) is 4. The molecule has 1 unspecified atom stereocenters. The van der Waals surface area contributed by atoms with Crippen LogP contribution in [0.4, 0.5) is 16.4 Å². The molecule has 2 heterocycles. The maximum Gasteiger partial charge on any atom is 0.341 e. The van der Waals surface area contributed by atoms with Crippen LogP contribution >= 0.6 is 23.1 Å². The van der Waals surface area contributed by atoms with Gasteiger partial charge in [-0.3, -0.25) is 24.2 Å². The van der Waals surface area contributed by atoms with Crippen molar-refractivity contribution in [3.05, 3.63) is 142 Å². The van der Waals surface area contributed by atoms with E-state index in [0.29, 0.717) is 33.0 Å². The lowest BCUT2D eigenvalue weighted by Crippen LogP contribution is -2.30. The van der Waals surface area contributed by atoms with E-state index in [9.17, 15) is 24.0 Å². The number of esters is 1. The van der Waals surface area contributed by atoms with Gasteiger partial charge in [-0.05, 0) is 86.5 Å². The van der Waals surface area contributed by atoms with E-state index in [0.717, 1.165) is 11.3 Å². The standard InChI is InChI=1S/C39H35N5O6S2/c1-4-50-39(49)32-24(2)33(37(48)41-28-16-9-6-10-17-28)52-38(32)44-34(45)25(3)51-30-19-11-18-29(22-30)42-36(47)31(21-26-13-12-20-40-23-26)43-35(46)27-14-7-5-8-15-27/h5-23,25H,4H2,1-3H3,(H,41,48)(H,42,47)(H,43,46)(H,44,45)/b31-21-. The van der Waals surface area contributed by atoms with Crippen molar-refractivity contribution in [3.63, 3.8) is 0 Å². The van der Waals surface area contributed by atoms with Gasteiger partial charge in [0.05, 0.1) is 22.3 Å². The molecule has 0 saturated heterocycles. The number of ether oxygens (including phenoxy) is 1. The van der Waals surface area contributed by atoms with Gasteiger partial charge in [0.1, 0.15) is 10.7 Å². The summed E-state index contributed by atoms with van der Waals surface area (Å²) in [7, 11) is 0. The number of anilines is 3. The molecule has 0 radical (unpaired) electrons. The van der Waals surface area contributed by atoms with E-state index in [1.165, 1.54) is 17.8 Å². The lowest BCUT2D eigenvalue weighted by atomic mass is 10.1. The molecule has 2 aromatic heterocycles. The van der Waals surface area contributed by atoms with E-state index >= 15 is 0 Å². The van der Waals surface area contributed by atoms with Crippen LogP contribution in [-0.2, 0) is 14.3 Å².